The molecule has 2 N–H and O–H groups in total. The molecule has 2 heteroatoms. The lowest BCUT2D eigenvalue weighted by Gasteiger charge is -2.49. The van der Waals surface area contributed by atoms with Gasteiger partial charge in [0, 0.05) is 5.41 Å². The number of aromatic hydroxyl groups is 2. The lowest BCUT2D eigenvalue weighted by atomic mass is 9.55. The third kappa shape index (κ3) is 2.83. The van der Waals surface area contributed by atoms with Crippen LogP contribution in [0, 0.1) is 11.3 Å². The summed E-state index contributed by atoms with van der Waals surface area (Å²) in [7, 11) is 0. The molecule has 2 aromatic rings. The SMILES string of the molecule is CC1CCC(c2ccc(O)cc2)(c2ccc(O)cc2)CC1(C)C. The van der Waals surface area contributed by atoms with Gasteiger partial charge in [-0.25, -0.2) is 0 Å². The van der Waals surface area contributed by atoms with E-state index < -0.39 is 0 Å². The number of phenols is 2. The Bertz CT molecular complexity index is 622. The monoisotopic (exact) mass is 310 g/mol. The molecule has 2 aromatic carbocycles. The average molecular weight is 310 g/mol. The van der Waals surface area contributed by atoms with Crippen LogP contribution in [0.25, 0.3) is 0 Å². The molecule has 1 saturated carbocycles. The molecule has 0 radical (unpaired) electrons. The van der Waals surface area contributed by atoms with Crippen molar-refractivity contribution in [3.63, 3.8) is 0 Å². The van der Waals surface area contributed by atoms with Gasteiger partial charge in [0.15, 0.2) is 0 Å². The van der Waals surface area contributed by atoms with Crippen LogP contribution in [0.5, 0.6) is 11.5 Å². The van der Waals surface area contributed by atoms with Crippen molar-refractivity contribution in [1.82, 2.24) is 0 Å². The summed E-state index contributed by atoms with van der Waals surface area (Å²) in [5.74, 6) is 1.29. The van der Waals surface area contributed by atoms with Crippen molar-refractivity contribution in [2.45, 2.75) is 45.4 Å². The van der Waals surface area contributed by atoms with E-state index in [2.05, 4.69) is 20.8 Å². The minimum Gasteiger partial charge on any atom is -0.508 e. The number of hydrogen-bond donors (Lipinski definition) is 2. The maximum absolute atomic E-state index is 9.66. The van der Waals surface area contributed by atoms with Crippen molar-refractivity contribution < 1.29 is 10.2 Å². The molecule has 1 fully saturated rings. The summed E-state index contributed by atoms with van der Waals surface area (Å²) < 4.78 is 0. The second kappa shape index (κ2) is 5.59. The highest BCUT2D eigenvalue weighted by Gasteiger charge is 2.45. The van der Waals surface area contributed by atoms with Gasteiger partial charge in [-0.05, 0) is 66.0 Å². The number of rotatable bonds is 2. The van der Waals surface area contributed by atoms with Crippen LogP contribution in [0.3, 0.4) is 0 Å². The zero-order valence-corrected chi connectivity index (χ0v) is 14.2. The van der Waals surface area contributed by atoms with Crippen LogP contribution >= 0.6 is 0 Å². The van der Waals surface area contributed by atoms with Crippen LogP contribution in [0.4, 0.5) is 0 Å². The van der Waals surface area contributed by atoms with Gasteiger partial charge in [-0.3, -0.25) is 0 Å². The summed E-state index contributed by atoms with van der Waals surface area (Å²) in [6.07, 6.45) is 3.33. The quantitative estimate of drug-likeness (QED) is 0.797. The van der Waals surface area contributed by atoms with Crippen LogP contribution in [0.2, 0.25) is 0 Å². The maximum Gasteiger partial charge on any atom is 0.115 e. The first-order valence-corrected chi connectivity index (χ1v) is 8.42. The Morgan fingerprint density at radius 1 is 0.826 bits per heavy atom. The zero-order chi connectivity index (χ0) is 16.7. The molecule has 0 spiro atoms. The van der Waals surface area contributed by atoms with E-state index in [9.17, 15) is 10.2 Å². The molecule has 0 aromatic heterocycles. The van der Waals surface area contributed by atoms with Crippen molar-refractivity contribution in [3.05, 3.63) is 59.7 Å². The molecule has 0 amide bonds. The number of benzene rings is 2. The van der Waals surface area contributed by atoms with Crippen molar-refractivity contribution >= 4 is 0 Å². The summed E-state index contributed by atoms with van der Waals surface area (Å²) in [5, 5.41) is 19.3. The molecule has 1 aliphatic carbocycles. The van der Waals surface area contributed by atoms with Crippen LogP contribution in [-0.4, -0.2) is 10.2 Å². The predicted octanol–water partition coefficient (Wildman–Crippen LogP) is 5.23. The molecule has 2 nitrogen and oxygen atoms in total. The molecule has 3 rings (SSSR count). The highest BCUT2D eigenvalue weighted by Crippen LogP contribution is 2.54. The molecule has 1 atom stereocenters. The van der Waals surface area contributed by atoms with Crippen LogP contribution in [0.15, 0.2) is 48.5 Å². The molecular weight excluding hydrogens is 284 g/mol. The average Bonchev–Trinajstić information content (AvgIpc) is 2.51. The number of phenolic OH excluding ortho intramolecular Hbond substituents is 2. The van der Waals surface area contributed by atoms with Crippen molar-refractivity contribution in [2.75, 3.05) is 0 Å². The summed E-state index contributed by atoms with van der Waals surface area (Å²) in [4.78, 5) is 0. The Labute approximate surface area is 138 Å². The van der Waals surface area contributed by atoms with Gasteiger partial charge in [-0.2, -0.15) is 0 Å². The zero-order valence-electron chi connectivity index (χ0n) is 14.2. The Morgan fingerprint density at radius 3 is 1.65 bits per heavy atom. The molecule has 1 unspecified atom stereocenters. The van der Waals surface area contributed by atoms with Crippen molar-refractivity contribution in [3.8, 4) is 11.5 Å². The van der Waals surface area contributed by atoms with Gasteiger partial charge in [0.1, 0.15) is 11.5 Å². The number of hydrogen-bond acceptors (Lipinski definition) is 2. The lowest BCUT2D eigenvalue weighted by molar-refractivity contribution is 0.102. The Hall–Kier alpha value is -1.96. The summed E-state index contributed by atoms with van der Waals surface area (Å²) >= 11 is 0. The van der Waals surface area contributed by atoms with Gasteiger partial charge in [0.25, 0.3) is 0 Å². The van der Waals surface area contributed by atoms with Gasteiger partial charge in [-0.1, -0.05) is 45.0 Å². The molecule has 0 aliphatic heterocycles. The van der Waals surface area contributed by atoms with Crippen LogP contribution in [-0.2, 0) is 5.41 Å². The first-order valence-electron chi connectivity index (χ1n) is 8.42. The lowest BCUT2D eigenvalue weighted by Crippen LogP contribution is -2.41. The molecule has 122 valence electrons. The van der Waals surface area contributed by atoms with Gasteiger partial charge < -0.3 is 10.2 Å². The van der Waals surface area contributed by atoms with Crippen LogP contribution < -0.4 is 0 Å². The van der Waals surface area contributed by atoms with Crippen molar-refractivity contribution in [2.24, 2.45) is 11.3 Å². The Morgan fingerprint density at radius 2 is 1.26 bits per heavy atom. The fourth-order valence-electron chi connectivity index (χ4n) is 4.11. The molecular formula is C21H26O2. The Balaban J connectivity index is 2.13. The van der Waals surface area contributed by atoms with Gasteiger partial charge in [0.2, 0.25) is 0 Å². The fraction of sp³-hybridized carbons (Fsp3) is 0.429. The first kappa shape index (κ1) is 15.9. The van der Waals surface area contributed by atoms with Gasteiger partial charge in [-0.15, -0.1) is 0 Å². The molecule has 0 saturated heterocycles. The summed E-state index contributed by atoms with van der Waals surface area (Å²) in [6.45, 7) is 7.05. The van der Waals surface area contributed by atoms with E-state index in [1.807, 2.05) is 24.3 Å². The Kier molecular flexibility index (Phi) is 3.87. The second-order valence-electron chi connectivity index (χ2n) is 7.78. The fourth-order valence-corrected chi connectivity index (χ4v) is 4.11. The van der Waals surface area contributed by atoms with E-state index in [-0.39, 0.29) is 10.8 Å². The van der Waals surface area contributed by atoms with E-state index >= 15 is 0 Å². The molecule has 1 aliphatic rings. The largest absolute Gasteiger partial charge is 0.508 e. The van der Waals surface area contributed by atoms with E-state index in [4.69, 9.17) is 0 Å². The predicted molar refractivity (Wildman–Crippen MR) is 93.8 cm³/mol. The van der Waals surface area contributed by atoms with Crippen molar-refractivity contribution in [1.29, 1.82) is 0 Å². The van der Waals surface area contributed by atoms with E-state index in [1.54, 1.807) is 24.3 Å². The van der Waals surface area contributed by atoms with E-state index in [1.165, 1.54) is 17.5 Å². The minimum absolute atomic E-state index is 0.0581. The first-order chi connectivity index (χ1) is 10.8. The smallest absolute Gasteiger partial charge is 0.115 e. The van der Waals surface area contributed by atoms with Crippen LogP contribution in [0.1, 0.15) is 51.2 Å². The third-order valence-electron chi connectivity index (χ3n) is 5.94. The third-order valence-corrected chi connectivity index (χ3v) is 5.94. The second-order valence-corrected chi connectivity index (χ2v) is 7.78. The highest BCUT2D eigenvalue weighted by atomic mass is 16.3. The summed E-state index contributed by atoms with van der Waals surface area (Å²) in [6, 6.07) is 15.3. The molecule has 23 heavy (non-hydrogen) atoms. The van der Waals surface area contributed by atoms with Gasteiger partial charge in [0.05, 0.1) is 0 Å². The normalized spacial score (nSPS) is 22.7. The maximum atomic E-state index is 9.66. The van der Waals surface area contributed by atoms with E-state index in [0.717, 1.165) is 12.8 Å². The standard InChI is InChI=1S/C21H26O2/c1-15-12-13-21(14-20(15,2)3,16-4-8-18(22)9-5-16)17-6-10-19(23)11-7-17/h4-11,15,22-23H,12-14H2,1-3H3. The molecule has 0 bridgehead atoms. The minimum atomic E-state index is -0.0581. The van der Waals surface area contributed by atoms with Gasteiger partial charge >= 0.3 is 0 Å². The topological polar surface area (TPSA) is 40.5 Å². The van der Waals surface area contributed by atoms with E-state index in [0.29, 0.717) is 17.4 Å². The summed E-state index contributed by atoms with van der Waals surface area (Å²) in [5.41, 5.74) is 2.69. The molecule has 0 heterocycles. The highest BCUT2D eigenvalue weighted by molar-refractivity contribution is 5.44.